The third-order valence-electron chi connectivity index (χ3n) is 4.92. The molecule has 4 aromatic rings. The highest BCUT2D eigenvalue weighted by molar-refractivity contribution is 5.98. The van der Waals surface area contributed by atoms with Crippen LogP contribution in [0.5, 0.6) is 0 Å². The Morgan fingerprint density at radius 3 is 2.00 bits per heavy atom. The minimum Gasteiger partial charge on any atom is -0.545 e. The van der Waals surface area contributed by atoms with Gasteiger partial charge in [0.15, 0.2) is 0 Å². The average Bonchev–Trinajstić information content (AvgIpc) is 2.77. The van der Waals surface area contributed by atoms with Crippen molar-refractivity contribution in [1.82, 2.24) is 9.78 Å². The van der Waals surface area contributed by atoms with Crippen molar-refractivity contribution >= 4 is 5.97 Å². The summed E-state index contributed by atoms with van der Waals surface area (Å²) in [5, 5.41) is 16.7. The van der Waals surface area contributed by atoms with Gasteiger partial charge in [-0.2, -0.15) is 5.10 Å². The number of nitrogens with zero attached hydrogens (tertiary/aromatic N) is 2. The van der Waals surface area contributed by atoms with E-state index in [-0.39, 0.29) is 17.7 Å². The fraction of sp³-hybridized carbons (Fsp3) is 0.0800. The van der Waals surface area contributed by atoms with Crippen LogP contribution in [-0.2, 0) is 6.54 Å². The first kappa shape index (κ1) is 19.3. The van der Waals surface area contributed by atoms with Crippen molar-refractivity contribution in [3.8, 4) is 22.4 Å². The summed E-state index contributed by atoms with van der Waals surface area (Å²) in [6, 6.07) is 25.9. The summed E-state index contributed by atoms with van der Waals surface area (Å²) in [6.45, 7) is 2.14. The average molecular weight is 395 g/mol. The number of carbonyl (C=O) groups is 1. The molecule has 0 atom stereocenters. The van der Waals surface area contributed by atoms with Gasteiger partial charge in [0.25, 0.3) is 5.56 Å². The topological polar surface area (TPSA) is 75.0 Å². The Morgan fingerprint density at radius 2 is 1.43 bits per heavy atom. The van der Waals surface area contributed by atoms with Gasteiger partial charge in [-0.15, -0.1) is 0 Å². The van der Waals surface area contributed by atoms with Crippen molar-refractivity contribution < 1.29 is 9.90 Å². The Bertz CT molecular complexity index is 1250. The van der Waals surface area contributed by atoms with E-state index in [1.807, 2.05) is 67.6 Å². The molecule has 0 aliphatic heterocycles. The molecule has 0 saturated carbocycles. The third kappa shape index (κ3) is 3.78. The van der Waals surface area contributed by atoms with E-state index in [4.69, 9.17) is 0 Å². The number of carboxylic acids is 1. The summed E-state index contributed by atoms with van der Waals surface area (Å²) in [5.41, 5.74) is 2.89. The lowest BCUT2D eigenvalue weighted by molar-refractivity contribution is -0.255. The maximum Gasteiger partial charge on any atom is 0.276 e. The van der Waals surface area contributed by atoms with Gasteiger partial charge in [-0.1, -0.05) is 90.5 Å². The number of carboxylic acid groups (broad SMARTS) is 1. The fourth-order valence-electron chi connectivity index (χ4n) is 3.42. The van der Waals surface area contributed by atoms with Crippen LogP contribution >= 0.6 is 0 Å². The van der Waals surface area contributed by atoms with E-state index in [9.17, 15) is 14.7 Å². The maximum absolute atomic E-state index is 13.1. The molecule has 0 saturated heterocycles. The largest absolute Gasteiger partial charge is 0.545 e. The number of aryl methyl sites for hydroxylation is 1. The molecule has 0 amide bonds. The molecule has 4 rings (SSSR count). The highest BCUT2D eigenvalue weighted by Gasteiger charge is 2.21. The van der Waals surface area contributed by atoms with Crippen LogP contribution in [0.4, 0.5) is 0 Å². The zero-order chi connectivity index (χ0) is 21.1. The molecule has 1 aromatic heterocycles. The molecular formula is C25H19N2O3-. The second-order valence-corrected chi connectivity index (χ2v) is 7.07. The van der Waals surface area contributed by atoms with Crippen LogP contribution < -0.4 is 10.7 Å². The van der Waals surface area contributed by atoms with Gasteiger partial charge in [0.2, 0.25) is 0 Å². The molecule has 0 aliphatic carbocycles. The van der Waals surface area contributed by atoms with Crippen molar-refractivity contribution in [3.63, 3.8) is 0 Å². The van der Waals surface area contributed by atoms with E-state index >= 15 is 0 Å². The molecule has 3 aromatic carbocycles. The number of rotatable bonds is 5. The highest BCUT2D eigenvalue weighted by atomic mass is 16.4. The molecule has 0 spiro atoms. The third-order valence-corrected chi connectivity index (χ3v) is 4.92. The summed E-state index contributed by atoms with van der Waals surface area (Å²) >= 11 is 0. The summed E-state index contributed by atoms with van der Waals surface area (Å²) in [6.07, 6.45) is 0. The zero-order valence-corrected chi connectivity index (χ0v) is 16.4. The van der Waals surface area contributed by atoms with Crippen molar-refractivity contribution in [2.24, 2.45) is 0 Å². The maximum atomic E-state index is 13.1. The predicted octanol–water partition coefficient (Wildman–Crippen LogP) is 3.30. The molecule has 5 heteroatoms. The van der Waals surface area contributed by atoms with Gasteiger partial charge < -0.3 is 9.90 Å². The van der Waals surface area contributed by atoms with E-state index in [0.717, 1.165) is 16.7 Å². The number of hydrogen-bond acceptors (Lipinski definition) is 4. The number of benzene rings is 3. The molecular weight excluding hydrogens is 376 g/mol. The van der Waals surface area contributed by atoms with Crippen LogP contribution in [0.2, 0.25) is 0 Å². The second kappa shape index (κ2) is 8.17. The van der Waals surface area contributed by atoms with Gasteiger partial charge in [0, 0.05) is 11.1 Å². The normalized spacial score (nSPS) is 10.7. The van der Waals surface area contributed by atoms with E-state index in [1.54, 1.807) is 24.3 Å². The van der Waals surface area contributed by atoms with Gasteiger partial charge in [-0.25, -0.2) is 4.68 Å². The molecule has 0 radical (unpaired) electrons. The Labute approximate surface area is 173 Å². The van der Waals surface area contributed by atoms with E-state index in [2.05, 4.69) is 5.10 Å². The molecule has 0 fully saturated rings. The van der Waals surface area contributed by atoms with Gasteiger partial charge in [-0.3, -0.25) is 4.79 Å². The van der Waals surface area contributed by atoms with Crippen LogP contribution in [0.25, 0.3) is 22.4 Å². The highest BCUT2D eigenvalue weighted by Crippen LogP contribution is 2.31. The number of aromatic carboxylic acids is 1. The van der Waals surface area contributed by atoms with Gasteiger partial charge in [0.05, 0.1) is 23.8 Å². The van der Waals surface area contributed by atoms with Crippen molar-refractivity contribution in [2.45, 2.75) is 13.5 Å². The standard InChI is InChI=1S/C25H20N2O3/c1-17-12-14-18(15-13-17)16-27-24(28)22(25(29)30)21(19-8-4-2-5-9-19)23(26-27)20-10-6-3-7-11-20/h2-15H,16H2,1H3,(H,29,30)/p-1. The van der Waals surface area contributed by atoms with E-state index in [0.29, 0.717) is 11.3 Å². The Hall–Kier alpha value is -3.99. The molecule has 0 bridgehead atoms. The first-order valence-corrected chi connectivity index (χ1v) is 9.57. The van der Waals surface area contributed by atoms with E-state index in [1.165, 1.54) is 4.68 Å². The van der Waals surface area contributed by atoms with Crippen LogP contribution in [0.1, 0.15) is 21.5 Å². The zero-order valence-electron chi connectivity index (χ0n) is 16.4. The molecule has 0 aliphatic rings. The molecule has 0 unspecified atom stereocenters. The first-order chi connectivity index (χ1) is 14.5. The van der Waals surface area contributed by atoms with Crippen molar-refractivity contribution in [2.75, 3.05) is 0 Å². The van der Waals surface area contributed by atoms with Crippen LogP contribution in [0.3, 0.4) is 0 Å². The lowest BCUT2D eigenvalue weighted by Crippen LogP contribution is -2.36. The lowest BCUT2D eigenvalue weighted by atomic mass is 9.95. The number of aromatic nitrogens is 2. The van der Waals surface area contributed by atoms with Crippen molar-refractivity contribution in [3.05, 3.63) is 112 Å². The Kier molecular flexibility index (Phi) is 5.26. The molecule has 148 valence electrons. The molecule has 30 heavy (non-hydrogen) atoms. The van der Waals surface area contributed by atoms with Crippen LogP contribution in [-0.4, -0.2) is 15.7 Å². The predicted molar refractivity (Wildman–Crippen MR) is 114 cm³/mol. The second-order valence-electron chi connectivity index (χ2n) is 7.07. The summed E-state index contributed by atoms with van der Waals surface area (Å²) in [5.74, 6) is -1.52. The summed E-state index contributed by atoms with van der Waals surface area (Å²) in [7, 11) is 0. The molecule has 0 N–H and O–H groups in total. The smallest absolute Gasteiger partial charge is 0.276 e. The monoisotopic (exact) mass is 395 g/mol. The lowest BCUT2D eigenvalue weighted by Gasteiger charge is -2.18. The van der Waals surface area contributed by atoms with Gasteiger partial charge in [-0.05, 0) is 18.1 Å². The molecule has 1 heterocycles. The Morgan fingerprint density at radius 1 is 0.867 bits per heavy atom. The first-order valence-electron chi connectivity index (χ1n) is 9.57. The van der Waals surface area contributed by atoms with Gasteiger partial charge >= 0.3 is 0 Å². The molecule has 5 nitrogen and oxygen atoms in total. The summed E-state index contributed by atoms with van der Waals surface area (Å²) in [4.78, 5) is 25.2. The fourth-order valence-corrected chi connectivity index (χ4v) is 3.42. The SMILES string of the molecule is Cc1ccc(Cn2nc(-c3ccccc3)c(-c3ccccc3)c(C(=O)[O-])c2=O)cc1. The quantitative estimate of drug-likeness (QED) is 0.520. The van der Waals surface area contributed by atoms with Crippen LogP contribution in [0.15, 0.2) is 89.7 Å². The van der Waals surface area contributed by atoms with Crippen molar-refractivity contribution in [1.29, 1.82) is 0 Å². The van der Waals surface area contributed by atoms with Gasteiger partial charge in [0.1, 0.15) is 0 Å². The minimum atomic E-state index is -1.52. The Balaban J connectivity index is 2.00. The van der Waals surface area contributed by atoms with E-state index < -0.39 is 11.5 Å². The number of hydrogen-bond donors (Lipinski definition) is 0. The number of carbonyl (C=O) groups excluding carboxylic acids is 1. The summed E-state index contributed by atoms with van der Waals surface area (Å²) < 4.78 is 1.20. The van der Waals surface area contributed by atoms with Crippen LogP contribution in [0, 0.1) is 6.92 Å². The minimum absolute atomic E-state index is 0.161.